The van der Waals surface area contributed by atoms with Gasteiger partial charge < -0.3 is 4.42 Å². The number of piperazine rings is 1. The molecule has 1 fully saturated rings. The van der Waals surface area contributed by atoms with Crippen LogP contribution in [0.1, 0.15) is 30.0 Å². The summed E-state index contributed by atoms with van der Waals surface area (Å²) in [6.45, 7) is 7.72. The van der Waals surface area contributed by atoms with Crippen molar-refractivity contribution in [2.24, 2.45) is 0 Å². The average Bonchev–Trinajstić information content (AvgIpc) is 3.25. The van der Waals surface area contributed by atoms with Crippen LogP contribution in [0.5, 0.6) is 0 Å². The lowest BCUT2D eigenvalue weighted by molar-refractivity contribution is 0.129. The van der Waals surface area contributed by atoms with Crippen molar-refractivity contribution in [3.63, 3.8) is 0 Å². The van der Waals surface area contributed by atoms with Gasteiger partial charge >= 0.3 is 0 Å². The predicted octanol–water partition coefficient (Wildman–Crippen LogP) is 4.07. The highest BCUT2D eigenvalue weighted by Crippen LogP contribution is 2.28. The minimum atomic E-state index is -3.52. The van der Waals surface area contributed by atoms with Crippen molar-refractivity contribution in [1.82, 2.24) is 19.4 Å². The monoisotopic (exact) mass is 460 g/mol. The molecule has 1 saturated heterocycles. The quantitative estimate of drug-likeness (QED) is 0.571. The molecule has 1 aliphatic heterocycles. The molecule has 0 amide bonds. The lowest BCUT2D eigenvalue weighted by atomic mass is 10.2. The molecule has 4 rings (SSSR count). The fraction of sp³-hybridized carbons (Fsp3) is 0.364. The van der Waals surface area contributed by atoms with Crippen molar-refractivity contribution < 1.29 is 12.8 Å². The Balaban J connectivity index is 1.45. The molecule has 31 heavy (non-hydrogen) atoms. The molecule has 164 valence electrons. The highest BCUT2D eigenvalue weighted by atomic mass is 35.5. The third-order valence-corrected chi connectivity index (χ3v) is 7.93. The van der Waals surface area contributed by atoms with Crippen molar-refractivity contribution in [2.45, 2.75) is 31.7 Å². The Labute approximate surface area is 187 Å². The second-order valence-electron chi connectivity index (χ2n) is 7.84. The van der Waals surface area contributed by atoms with Crippen LogP contribution in [-0.2, 0) is 10.0 Å². The molecule has 0 radical (unpaired) electrons. The zero-order chi connectivity index (χ0) is 22.2. The van der Waals surface area contributed by atoms with Crippen LogP contribution in [-0.4, -0.2) is 54.0 Å². The highest BCUT2D eigenvalue weighted by Gasteiger charge is 2.32. The second kappa shape index (κ2) is 8.70. The van der Waals surface area contributed by atoms with Gasteiger partial charge in [0.25, 0.3) is 0 Å². The standard InChI is InChI=1S/C22H25ClN4O3S/c1-15-7-8-16(2)20(13-15)31(28,29)27-11-9-26(10-12-27)17(3)21-24-25-22(30-21)18-5-4-6-19(23)14-18/h4-8,13-14,17H,9-12H2,1-3H3. The van der Waals surface area contributed by atoms with E-state index in [2.05, 4.69) is 15.1 Å². The fourth-order valence-electron chi connectivity index (χ4n) is 3.75. The SMILES string of the molecule is Cc1ccc(C)c(S(=O)(=O)N2CCN(C(C)c3nnc(-c4cccc(Cl)c4)o3)CC2)c1. The van der Waals surface area contributed by atoms with Crippen molar-refractivity contribution >= 4 is 21.6 Å². The number of nitrogens with zero attached hydrogens (tertiary/aromatic N) is 4. The Hall–Kier alpha value is -2.26. The molecule has 2 aromatic carbocycles. The molecular weight excluding hydrogens is 436 g/mol. The Morgan fingerprint density at radius 2 is 1.77 bits per heavy atom. The van der Waals surface area contributed by atoms with Gasteiger partial charge in [0.2, 0.25) is 21.8 Å². The van der Waals surface area contributed by atoms with Gasteiger partial charge in [0.1, 0.15) is 0 Å². The van der Waals surface area contributed by atoms with Crippen LogP contribution in [0.4, 0.5) is 0 Å². The Morgan fingerprint density at radius 1 is 1.03 bits per heavy atom. The smallest absolute Gasteiger partial charge is 0.247 e. The molecule has 0 saturated carbocycles. The zero-order valence-electron chi connectivity index (χ0n) is 17.7. The van der Waals surface area contributed by atoms with E-state index in [0.29, 0.717) is 47.9 Å². The molecule has 0 aliphatic carbocycles. The van der Waals surface area contributed by atoms with Gasteiger partial charge in [-0.2, -0.15) is 4.31 Å². The molecule has 0 N–H and O–H groups in total. The maximum absolute atomic E-state index is 13.2. The first-order valence-electron chi connectivity index (χ1n) is 10.2. The van der Waals surface area contributed by atoms with E-state index < -0.39 is 10.0 Å². The normalized spacial score (nSPS) is 17.0. The summed E-state index contributed by atoms with van der Waals surface area (Å²) >= 11 is 6.05. The van der Waals surface area contributed by atoms with E-state index in [4.69, 9.17) is 16.0 Å². The first-order chi connectivity index (χ1) is 14.8. The molecule has 0 bridgehead atoms. The van der Waals surface area contributed by atoms with Crippen molar-refractivity contribution in [3.05, 3.63) is 64.5 Å². The third kappa shape index (κ3) is 4.52. The van der Waals surface area contributed by atoms with Gasteiger partial charge in [-0.3, -0.25) is 4.90 Å². The van der Waals surface area contributed by atoms with Crippen LogP contribution < -0.4 is 0 Å². The largest absolute Gasteiger partial charge is 0.419 e. The summed E-state index contributed by atoms with van der Waals surface area (Å²) in [6.07, 6.45) is 0. The van der Waals surface area contributed by atoms with E-state index >= 15 is 0 Å². The van der Waals surface area contributed by atoms with Crippen LogP contribution in [0.2, 0.25) is 5.02 Å². The summed E-state index contributed by atoms with van der Waals surface area (Å²) in [5.74, 6) is 0.918. The first-order valence-corrected chi connectivity index (χ1v) is 12.0. The van der Waals surface area contributed by atoms with Gasteiger partial charge in [-0.05, 0) is 56.2 Å². The van der Waals surface area contributed by atoms with Crippen molar-refractivity contribution in [1.29, 1.82) is 0 Å². The van der Waals surface area contributed by atoms with Gasteiger partial charge in [-0.1, -0.05) is 29.8 Å². The Morgan fingerprint density at radius 3 is 2.48 bits per heavy atom. The van der Waals surface area contributed by atoms with Crippen molar-refractivity contribution in [2.75, 3.05) is 26.2 Å². The summed E-state index contributed by atoms with van der Waals surface area (Å²) in [5, 5.41) is 8.95. The third-order valence-electron chi connectivity index (χ3n) is 5.65. The predicted molar refractivity (Wildman–Crippen MR) is 119 cm³/mol. The summed E-state index contributed by atoms with van der Waals surface area (Å²) in [4.78, 5) is 2.54. The molecule has 7 nitrogen and oxygen atoms in total. The van der Waals surface area contributed by atoms with Crippen LogP contribution in [0.15, 0.2) is 51.8 Å². The number of benzene rings is 2. The molecule has 2 heterocycles. The lowest BCUT2D eigenvalue weighted by Crippen LogP contribution is -2.49. The Bertz CT molecular complexity index is 1190. The number of hydrogen-bond donors (Lipinski definition) is 0. The fourth-order valence-corrected chi connectivity index (χ4v) is 5.68. The molecule has 1 aromatic heterocycles. The molecule has 0 spiro atoms. The maximum atomic E-state index is 13.2. The molecular formula is C22H25ClN4O3S. The number of rotatable bonds is 5. The minimum absolute atomic E-state index is 0.119. The minimum Gasteiger partial charge on any atom is -0.419 e. The van der Waals surface area contributed by atoms with Gasteiger partial charge in [0.05, 0.1) is 10.9 Å². The van der Waals surface area contributed by atoms with Crippen LogP contribution in [0.25, 0.3) is 11.5 Å². The molecule has 9 heteroatoms. The number of aromatic nitrogens is 2. The maximum Gasteiger partial charge on any atom is 0.247 e. The van der Waals surface area contributed by atoms with Gasteiger partial charge in [0, 0.05) is 36.8 Å². The number of halogens is 1. The van der Waals surface area contributed by atoms with Gasteiger partial charge in [0.15, 0.2) is 0 Å². The topological polar surface area (TPSA) is 79.5 Å². The summed E-state index contributed by atoms with van der Waals surface area (Å²) in [7, 11) is -3.52. The van der Waals surface area contributed by atoms with Crippen LogP contribution in [0, 0.1) is 13.8 Å². The van der Waals surface area contributed by atoms with E-state index in [0.717, 1.165) is 16.7 Å². The van der Waals surface area contributed by atoms with E-state index in [-0.39, 0.29) is 6.04 Å². The lowest BCUT2D eigenvalue weighted by Gasteiger charge is -2.36. The van der Waals surface area contributed by atoms with Crippen LogP contribution >= 0.6 is 11.6 Å². The van der Waals surface area contributed by atoms with Crippen molar-refractivity contribution in [3.8, 4) is 11.5 Å². The molecule has 1 unspecified atom stereocenters. The van der Waals surface area contributed by atoms with Gasteiger partial charge in [-0.15, -0.1) is 10.2 Å². The Kier molecular flexibility index (Phi) is 6.16. The van der Waals surface area contributed by atoms with E-state index in [1.54, 1.807) is 22.5 Å². The molecule has 1 atom stereocenters. The summed E-state index contributed by atoms with van der Waals surface area (Å²) in [5.41, 5.74) is 2.46. The second-order valence-corrected chi connectivity index (χ2v) is 10.2. The number of aryl methyl sites for hydroxylation is 2. The van der Waals surface area contributed by atoms with Gasteiger partial charge in [-0.25, -0.2) is 8.42 Å². The summed E-state index contributed by atoms with van der Waals surface area (Å²) < 4.78 is 33.7. The molecule has 3 aromatic rings. The molecule has 1 aliphatic rings. The number of hydrogen-bond acceptors (Lipinski definition) is 6. The average molecular weight is 461 g/mol. The van der Waals surface area contributed by atoms with E-state index in [1.807, 2.05) is 45.0 Å². The highest BCUT2D eigenvalue weighted by molar-refractivity contribution is 7.89. The van der Waals surface area contributed by atoms with E-state index in [9.17, 15) is 8.42 Å². The van der Waals surface area contributed by atoms with Crippen LogP contribution in [0.3, 0.4) is 0 Å². The summed E-state index contributed by atoms with van der Waals surface area (Å²) in [6, 6.07) is 12.7. The zero-order valence-corrected chi connectivity index (χ0v) is 19.3. The number of sulfonamides is 1. The van der Waals surface area contributed by atoms with E-state index in [1.165, 1.54) is 0 Å². The first kappa shape index (κ1) is 22.0.